The lowest BCUT2D eigenvalue weighted by molar-refractivity contribution is 0.289. The molecule has 2 aliphatic rings. The van der Waals surface area contributed by atoms with Gasteiger partial charge in [-0.2, -0.15) is 0 Å². The van der Waals surface area contributed by atoms with Crippen molar-refractivity contribution < 1.29 is 0 Å². The average molecular weight is 369 g/mol. The van der Waals surface area contributed by atoms with E-state index < -0.39 is 0 Å². The first kappa shape index (κ1) is 22.3. The van der Waals surface area contributed by atoms with Crippen LogP contribution in [-0.4, -0.2) is 0 Å². The van der Waals surface area contributed by atoms with Crippen LogP contribution in [0.2, 0.25) is 0 Å². The third kappa shape index (κ3) is 9.69. The topological polar surface area (TPSA) is 0 Å². The molecule has 0 radical (unpaired) electrons. The van der Waals surface area contributed by atoms with Gasteiger partial charge in [0, 0.05) is 0 Å². The summed E-state index contributed by atoms with van der Waals surface area (Å²) in [6, 6.07) is 0. The van der Waals surface area contributed by atoms with Crippen LogP contribution in [0.1, 0.15) is 110 Å². The summed E-state index contributed by atoms with van der Waals surface area (Å²) in [5.74, 6) is 10.1. The van der Waals surface area contributed by atoms with Crippen LogP contribution in [0.15, 0.2) is 24.3 Å². The van der Waals surface area contributed by atoms with Gasteiger partial charge >= 0.3 is 0 Å². The van der Waals surface area contributed by atoms with E-state index in [1.165, 1.54) is 96.3 Å². The highest BCUT2D eigenvalue weighted by molar-refractivity contribution is 5.24. The zero-order valence-corrected chi connectivity index (χ0v) is 18.2. The first-order valence-electron chi connectivity index (χ1n) is 12.2. The summed E-state index contributed by atoms with van der Waals surface area (Å²) < 4.78 is 0. The maximum atomic E-state index is 3.24. The molecule has 0 aromatic heterocycles. The van der Waals surface area contributed by atoms with Gasteiger partial charge in [0.15, 0.2) is 0 Å². The van der Waals surface area contributed by atoms with E-state index in [1.807, 2.05) is 0 Å². The van der Waals surface area contributed by atoms with Gasteiger partial charge in [-0.05, 0) is 87.2 Å². The van der Waals surface area contributed by atoms with Gasteiger partial charge < -0.3 is 0 Å². The molecule has 0 spiro atoms. The van der Waals surface area contributed by atoms with Gasteiger partial charge in [-0.1, -0.05) is 82.8 Å². The maximum absolute atomic E-state index is 3.24. The van der Waals surface area contributed by atoms with Gasteiger partial charge in [0.25, 0.3) is 0 Å². The van der Waals surface area contributed by atoms with Crippen molar-refractivity contribution in [3.05, 3.63) is 24.3 Å². The van der Waals surface area contributed by atoms with Crippen LogP contribution in [0, 0.1) is 35.5 Å². The second-order valence-electron chi connectivity index (χ2n) is 9.21. The number of hydrogen-bond acceptors (Lipinski definition) is 0. The molecule has 0 heterocycles. The van der Waals surface area contributed by atoms with E-state index in [-0.39, 0.29) is 0 Å². The minimum atomic E-state index is 0.781. The zero-order valence-electron chi connectivity index (χ0n) is 18.2. The molecular weight excluding hydrogens is 324 g/mol. The molecule has 2 saturated carbocycles. The Labute approximate surface area is 170 Å². The Kier molecular flexibility index (Phi) is 11.7. The van der Waals surface area contributed by atoms with Gasteiger partial charge in [0.2, 0.25) is 0 Å². The predicted octanol–water partition coefficient (Wildman–Crippen LogP) is 8.49. The molecule has 0 aliphatic heterocycles. The molecule has 2 fully saturated rings. The lowest BCUT2D eigenvalue weighted by Gasteiger charge is -2.26. The summed E-state index contributed by atoms with van der Waals surface area (Å²) in [5.41, 5.74) is 0. The molecule has 2 aliphatic carbocycles. The van der Waals surface area contributed by atoms with E-state index >= 15 is 0 Å². The molecule has 2 rings (SSSR count). The van der Waals surface area contributed by atoms with Crippen molar-refractivity contribution in [2.75, 3.05) is 0 Å². The van der Waals surface area contributed by atoms with Crippen molar-refractivity contribution in [2.24, 2.45) is 23.7 Å². The van der Waals surface area contributed by atoms with Crippen molar-refractivity contribution >= 4 is 0 Å². The standard InChI is InChI=1S/C27H44/c1-3-5-6-9-13-25-20-22-27(23-21-25)15-11-8-7-10-14-26-18-16-24(12-4-2)17-19-26/h10-11,14-15,24-27H,3-6,9,12-13,16-23H2,1-2H3. The molecular formula is C27H44. The molecule has 0 heteroatoms. The van der Waals surface area contributed by atoms with Gasteiger partial charge in [0.1, 0.15) is 0 Å². The van der Waals surface area contributed by atoms with E-state index in [0.29, 0.717) is 0 Å². The molecule has 0 nitrogen and oxygen atoms in total. The first-order chi connectivity index (χ1) is 13.3. The van der Waals surface area contributed by atoms with Crippen molar-refractivity contribution in [3.63, 3.8) is 0 Å². The normalized spacial score (nSPS) is 29.1. The molecule has 0 aromatic rings. The monoisotopic (exact) mass is 368 g/mol. The van der Waals surface area contributed by atoms with Crippen LogP contribution in [-0.2, 0) is 0 Å². The Morgan fingerprint density at radius 1 is 0.593 bits per heavy atom. The minimum Gasteiger partial charge on any atom is -0.0730 e. The molecule has 0 atom stereocenters. The molecule has 152 valence electrons. The summed E-state index contributed by atoms with van der Waals surface area (Å²) in [5, 5.41) is 0. The van der Waals surface area contributed by atoms with E-state index in [2.05, 4.69) is 50.0 Å². The van der Waals surface area contributed by atoms with Crippen molar-refractivity contribution in [1.82, 2.24) is 0 Å². The van der Waals surface area contributed by atoms with Crippen molar-refractivity contribution in [2.45, 2.75) is 110 Å². The Hall–Kier alpha value is -0.960. The van der Waals surface area contributed by atoms with Crippen LogP contribution in [0.25, 0.3) is 0 Å². The highest BCUT2D eigenvalue weighted by Crippen LogP contribution is 2.33. The minimum absolute atomic E-state index is 0.781. The highest BCUT2D eigenvalue weighted by Gasteiger charge is 2.19. The molecule has 27 heavy (non-hydrogen) atoms. The fourth-order valence-corrected chi connectivity index (χ4v) is 5.07. The first-order valence-corrected chi connectivity index (χ1v) is 12.2. The van der Waals surface area contributed by atoms with Gasteiger partial charge in [-0.25, -0.2) is 0 Å². The summed E-state index contributed by atoms with van der Waals surface area (Å²) in [4.78, 5) is 0. The predicted molar refractivity (Wildman–Crippen MR) is 121 cm³/mol. The van der Waals surface area contributed by atoms with Gasteiger partial charge in [-0.3, -0.25) is 0 Å². The van der Waals surface area contributed by atoms with Crippen molar-refractivity contribution in [1.29, 1.82) is 0 Å². The average Bonchev–Trinajstić information content (AvgIpc) is 2.70. The molecule has 0 unspecified atom stereocenters. The Bertz CT molecular complexity index is 470. The largest absolute Gasteiger partial charge is 0.0730 e. The zero-order chi connectivity index (χ0) is 19.2. The Balaban J connectivity index is 1.56. The van der Waals surface area contributed by atoms with E-state index in [9.17, 15) is 0 Å². The Morgan fingerprint density at radius 3 is 1.59 bits per heavy atom. The molecule has 0 aromatic carbocycles. The van der Waals surface area contributed by atoms with Crippen LogP contribution in [0.5, 0.6) is 0 Å². The van der Waals surface area contributed by atoms with Crippen LogP contribution in [0.4, 0.5) is 0 Å². The lowest BCUT2D eigenvalue weighted by Crippen LogP contribution is -2.13. The third-order valence-electron chi connectivity index (χ3n) is 6.93. The van der Waals surface area contributed by atoms with Crippen LogP contribution < -0.4 is 0 Å². The molecule has 0 saturated heterocycles. The summed E-state index contributed by atoms with van der Waals surface area (Å²) in [6.07, 6.45) is 30.2. The van der Waals surface area contributed by atoms with E-state index in [1.54, 1.807) is 0 Å². The summed E-state index contributed by atoms with van der Waals surface area (Å²) in [6.45, 7) is 4.62. The maximum Gasteiger partial charge on any atom is -0.0153 e. The fourth-order valence-electron chi connectivity index (χ4n) is 5.07. The SMILES string of the molecule is CCCCCCC1CCC(C=CC#CC=CC2CCC(CCC)CC2)CC1. The van der Waals surface area contributed by atoms with Crippen LogP contribution in [0.3, 0.4) is 0 Å². The second kappa shape index (κ2) is 14.1. The second-order valence-corrected chi connectivity index (χ2v) is 9.21. The van der Waals surface area contributed by atoms with Crippen LogP contribution >= 0.6 is 0 Å². The number of unbranched alkanes of at least 4 members (excludes halogenated alkanes) is 3. The lowest BCUT2D eigenvalue weighted by atomic mass is 9.79. The van der Waals surface area contributed by atoms with E-state index in [0.717, 1.165) is 23.7 Å². The highest BCUT2D eigenvalue weighted by atomic mass is 14.2. The molecule has 0 N–H and O–H groups in total. The fraction of sp³-hybridized carbons (Fsp3) is 0.778. The molecule has 0 bridgehead atoms. The number of hydrogen-bond donors (Lipinski definition) is 0. The van der Waals surface area contributed by atoms with Gasteiger partial charge in [0.05, 0.1) is 0 Å². The Morgan fingerprint density at radius 2 is 1.11 bits per heavy atom. The smallest absolute Gasteiger partial charge is 0.0153 e. The number of allylic oxidation sites excluding steroid dienone is 4. The van der Waals surface area contributed by atoms with E-state index in [4.69, 9.17) is 0 Å². The van der Waals surface area contributed by atoms with Gasteiger partial charge in [-0.15, -0.1) is 0 Å². The summed E-state index contributed by atoms with van der Waals surface area (Å²) in [7, 11) is 0. The quantitative estimate of drug-likeness (QED) is 0.283. The summed E-state index contributed by atoms with van der Waals surface area (Å²) >= 11 is 0. The van der Waals surface area contributed by atoms with Crippen molar-refractivity contribution in [3.8, 4) is 11.8 Å². The third-order valence-corrected chi connectivity index (χ3v) is 6.93. The molecule has 0 amide bonds. The number of rotatable bonds is 9.